The fraction of sp³-hybridized carbons (Fsp3) is 0.462. The molecule has 1 saturated heterocycles. The Morgan fingerprint density at radius 2 is 2.35 bits per heavy atom. The molecule has 1 aliphatic rings. The maximum atomic E-state index is 12.0. The molecular weight excluding hydrogens is 234 g/mol. The topological polar surface area (TPSA) is 38.3 Å². The van der Waals surface area contributed by atoms with Crippen molar-refractivity contribution in [3.63, 3.8) is 0 Å². The normalized spacial score (nSPS) is 19.2. The molecule has 1 N–H and O–H groups in total. The third-order valence-corrected chi connectivity index (χ3v) is 3.66. The number of hydrogen-bond acceptors (Lipinski definition) is 3. The molecule has 0 bridgehead atoms. The van der Waals surface area contributed by atoms with Crippen LogP contribution in [-0.2, 0) is 4.74 Å². The number of carbonyl (C=O) groups is 1. The van der Waals surface area contributed by atoms with Gasteiger partial charge >= 0.3 is 0 Å². The largest absolute Gasteiger partial charge is 0.376 e. The second-order valence-electron chi connectivity index (χ2n) is 4.05. The molecule has 1 heterocycles. The molecule has 0 radical (unpaired) electrons. The quantitative estimate of drug-likeness (QED) is 0.835. The fourth-order valence-corrected chi connectivity index (χ4v) is 2.53. The van der Waals surface area contributed by atoms with Crippen LogP contribution in [0.5, 0.6) is 0 Å². The van der Waals surface area contributed by atoms with Gasteiger partial charge in [-0.1, -0.05) is 12.1 Å². The van der Waals surface area contributed by atoms with Crippen LogP contribution >= 0.6 is 11.8 Å². The van der Waals surface area contributed by atoms with Gasteiger partial charge in [-0.15, -0.1) is 11.8 Å². The highest BCUT2D eigenvalue weighted by atomic mass is 32.2. The van der Waals surface area contributed by atoms with Gasteiger partial charge in [0.25, 0.3) is 5.91 Å². The van der Waals surface area contributed by atoms with Crippen LogP contribution in [0.2, 0.25) is 0 Å². The summed E-state index contributed by atoms with van der Waals surface area (Å²) in [7, 11) is 0. The van der Waals surface area contributed by atoms with Crippen LogP contribution in [0.3, 0.4) is 0 Å². The lowest BCUT2D eigenvalue weighted by Gasteiger charge is -2.12. The molecule has 0 spiro atoms. The molecule has 2 rings (SSSR count). The van der Waals surface area contributed by atoms with E-state index >= 15 is 0 Å². The molecule has 1 amide bonds. The van der Waals surface area contributed by atoms with Crippen molar-refractivity contribution in [1.82, 2.24) is 5.32 Å². The highest BCUT2D eigenvalue weighted by Crippen LogP contribution is 2.19. The molecule has 1 aromatic rings. The summed E-state index contributed by atoms with van der Waals surface area (Å²) in [4.78, 5) is 13.0. The van der Waals surface area contributed by atoms with E-state index in [1.807, 2.05) is 30.5 Å². The van der Waals surface area contributed by atoms with Gasteiger partial charge in [0, 0.05) is 18.0 Å². The number of hydrogen-bond donors (Lipinski definition) is 1. The Bertz CT molecular complexity index is 389. The second kappa shape index (κ2) is 6.07. The number of benzene rings is 1. The summed E-state index contributed by atoms with van der Waals surface area (Å²) >= 11 is 1.59. The van der Waals surface area contributed by atoms with E-state index < -0.39 is 0 Å². The van der Waals surface area contributed by atoms with E-state index in [9.17, 15) is 4.79 Å². The highest BCUT2D eigenvalue weighted by molar-refractivity contribution is 7.98. The number of ether oxygens (including phenoxy) is 1. The second-order valence-corrected chi connectivity index (χ2v) is 4.89. The maximum Gasteiger partial charge on any atom is 0.252 e. The summed E-state index contributed by atoms with van der Waals surface area (Å²) in [6.45, 7) is 1.43. The van der Waals surface area contributed by atoms with Gasteiger partial charge in [-0.2, -0.15) is 0 Å². The molecule has 92 valence electrons. The molecular formula is C13H17NO2S. The van der Waals surface area contributed by atoms with Crippen LogP contribution < -0.4 is 5.32 Å². The van der Waals surface area contributed by atoms with Crippen LogP contribution in [-0.4, -0.2) is 31.4 Å². The summed E-state index contributed by atoms with van der Waals surface area (Å²) in [5, 5.41) is 2.94. The average Bonchev–Trinajstić information content (AvgIpc) is 2.89. The molecule has 4 heteroatoms. The molecule has 3 nitrogen and oxygen atoms in total. The van der Waals surface area contributed by atoms with E-state index in [1.54, 1.807) is 11.8 Å². The fourth-order valence-electron chi connectivity index (χ4n) is 1.94. The van der Waals surface area contributed by atoms with Crippen molar-refractivity contribution in [3.05, 3.63) is 29.8 Å². The van der Waals surface area contributed by atoms with Crippen molar-refractivity contribution in [1.29, 1.82) is 0 Å². The summed E-state index contributed by atoms with van der Waals surface area (Å²) in [6, 6.07) is 7.66. The minimum atomic E-state index is -0.00884. The highest BCUT2D eigenvalue weighted by Gasteiger charge is 2.17. The first kappa shape index (κ1) is 12.5. The Morgan fingerprint density at radius 3 is 3.06 bits per heavy atom. The molecule has 0 aromatic heterocycles. The smallest absolute Gasteiger partial charge is 0.252 e. The summed E-state index contributed by atoms with van der Waals surface area (Å²) in [6.07, 6.45) is 4.32. The predicted molar refractivity (Wildman–Crippen MR) is 69.5 cm³/mol. The van der Waals surface area contributed by atoms with Gasteiger partial charge in [0.15, 0.2) is 0 Å². The van der Waals surface area contributed by atoms with Gasteiger partial charge in [0.2, 0.25) is 0 Å². The first-order chi connectivity index (χ1) is 8.31. The van der Waals surface area contributed by atoms with Crippen molar-refractivity contribution < 1.29 is 9.53 Å². The first-order valence-corrected chi connectivity index (χ1v) is 7.06. The van der Waals surface area contributed by atoms with E-state index in [1.165, 1.54) is 0 Å². The number of amides is 1. The molecule has 0 saturated carbocycles. The van der Waals surface area contributed by atoms with Gasteiger partial charge in [0.05, 0.1) is 11.7 Å². The number of rotatable bonds is 4. The van der Waals surface area contributed by atoms with Gasteiger partial charge in [0.1, 0.15) is 0 Å². The molecule has 0 aliphatic carbocycles. The summed E-state index contributed by atoms with van der Waals surface area (Å²) in [5.74, 6) is -0.00884. The SMILES string of the molecule is CSc1ccccc1C(=O)NC[C@H]1CCCO1. The van der Waals surface area contributed by atoms with Crippen molar-refractivity contribution >= 4 is 17.7 Å². The lowest BCUT2D eigenvalue weighted by atomic mass is 10.2. The van der Waals surface area contributed by atoms with Gasteiger partial charge in [-0.3, -0.25) is 4.79 Å². The van der Waals surface area contributed by atoms with E-state index in [0.29, 0.717) is 6.54 Å². The monoisotopic (exact) mass is 251 g/mol. The molecule has 1 aliphatic heterocycles. The number of carbonyl (C=O) groups excluding carboxylic acids is 1. The Kier molecular flexibility index (Phi) is 4.45. The average molecular weight is 251 g/mol. The van der Waals surface area contributed by atoms with E-state index in [-0.39, 0.29) is 12.0 Å². The van der Waals surface area contributed by atoms with Gasteiger partial charge in [-0.05, 0) is 31.2 Å². The van der Waals surface area contributed by atoms with E-state index in [4.69, 9.17) is 4.74 Å². The van der Waals surface area contributed by atoms with Crippen LogP contribution in [0.1, 0.15) is 23.2 Å². The number of thioether (sulfide) groups is 1. The minimum Gasteiger partial charge on any atom is -0.376 e. The van der Waals surface area contributed by atoms with Crippen molar-refractivity contribution in [2.45, 2.75) is 23.8 Å². The Labute approximate surface area is 106 Å². The van der Waals surface area contributed by atoms with Crippen molar-refractivity contribution in [3.8, 4) is 0 Å². The Hall–Kier alpha value is -1.00. The maximum absolute atomic E-state index is 12.0. The van der Waals surface area contributed by atoms with E-state index in [0.717, 1.165) is 29.9 Å². The van der Waals surface area contributed by atoms with E-state index in [2.05, 4.69) is 5.32 Å². The summed E-state index contributed by atoms with van der Waals surface area (Å²) < 4.78 is 5.48. The minimum absolute atomic E-state index is 0.00884. The molecule has 1 atom stereocenters. The first-order valence-electron chi connectivity index (χ1n) is 5.84. The van der Waals surface area contributed by atoms with Gasteiger partial charge < -0.3 is 10.1 Å². The van der Waals surface area contributed by atoms with Crippen LogP contribution in [0, 0.1) is 0 Å². The zero-order valence-electron chi connectivity index (χ0n) is 9.94. The van der Waals surface area contributed by atoms with Crippen LogP contribution in [0.15, 0.2) is 29.2 Å². The van der Waals surface area contributed by atoms with Crippen molar-refractivity contribution in [2.75, 3.05) is 19.4 Å². The third-order valence-electron chi connectivity index (χ3n) is 2.87. The zero-order chi connectivity index (χ0) is 12.1. The van der Waals surface area contributed by atoms with Gasteiger partial charge in [-0.25, -0.2) is 0 Å². The standard InChI is InChI=1S/C13H17NO2S/c1-17-12-7-3-2-6-11(12)13(15)14-9-10-5-4-8-16-10/h2-3,6-7,10H,4-5,8-9H2,1H3,(H,14,15)/t10-/m1/s1. The molecule has 1 aromatic carbocycles. The number of nitrogens with one attached hydrogen (secondary N) is 1. The molecule has 0 unspecified atom stereocenters. The van der Waals surface area contributed by atoms with Crippen LogP contribution in [0.4, 0.5) is 0 Å². The zero-order valence-corrected chi connectivity index (χ0v) is 10.8. The lowest BCUT2D eigenvalue weighted by Crippen LogP contribution is -2.32. The Balaban J connectivity index is 1.94. The predicted octanol–water partition coefficient (Wildman–Crippen LogP) is 2.32. The third kappa shape index (κ3) is 3.23. The molecule has 1 fully saturated rings. The Morgan fingerprint density at radius 1 is 1.53 bits per heavy atom. The van der Waals surface area contributed by atoms with Crippen molar-refractivity contribution in [2.24, 2.45) is 0 Å². The summed E-state index contributed by atoms with van der Waals surface area (Å²) in [5.41, 5.74) is 0.748. The molecule has 17 heavy (non-hydrogen) atoms. The van der Waals surface area contributed by atoms with Crippen LogP contribution in [0.25, 0.3) is 0 Å². The lowest BCUT2D eigenvalue weighted by molar-refractivity contribution is 0.0855.